The van der Waals surface area contributed by atoms with Gasteiger partial charge >= 0.3 is 0 Å². The van der Waals surface area contributed by atoms with E-state index in [4.69, 9.17) is 0 Å². The number of benzene rings is 10. The maximum Gasteiger partial charge on any atom is -0.00105 e. The maximum atomic E-state index is 2.59. The van der Waals surface area contributed by atoms with Gasteiger partial charge < -0.3 is 0 Å². The Morgan fingerprint density at radius 3 is 1.78 bits per heavy atom. The summed E-state index contributed by atoms with van der Waals surface area (Å²) in [6.45, 7) is 0. The van der Waals surface area contributed by atoms with Crippen molar-refractivity contribution in [3.05, 3.63) is 254 Å². The first-order valence-electron chi connectivity index (χ1n) is 23.0. The van der Waals surface area contributed by atoms with Crippen molar-refractivity contribution >= 4 is 59.8 Å². The van der Waals surface area contributed by atoms with E-state index < -0.39 is 0 Å². The summed E-state index contributed by atoms with van der Waals surface area (Å²) >= 11 is 0. The molecule has 0 unspecified atom stereocenters. The molecule has 0 heteroatoms. The van der Waals surface area contributed by atoms with Crippen LogP contribution in [0.3, 0.4) is 0 Å². The molecule has 0 aromatic heterocycles. The zero-order chi connectivity index (χ0) is 41.6. The SMILES string of the molecule is C1=C2C3=CCc4c5c3c(cc(-c3ccccc3)c5c3ccc5c6c(cc(-c7ccccc7)c4c63)=c3cc4ccc(-c6ccccc6)cc4cc3=5)=C2CC2=C1C=C(c1ccccc1)CC2. The summed E-state index contributed by atoms with van der Waals surface area (Å²) in [5.41, 5.74) is 20.9. The fourth-order valence-electron chi connectivity index (χ4n) is 12.5. The Bertz CT molecular complexity index is 4170. The summed E-state index contributed by atoms with van der Waals surface area (Å²) in [4.78, 5) is 0. The number of hydrogen-bond acceptors (Lipinski definition) is 0. The minimum Gasteiger partial charge on any atom is -0.0716 e. The molecule has 0 bridgehead atoms. The zero-order valence-corrected chi connectivity index (χ0v) is 35.3. The Morgan fingerprint density at radius 2 is 1.03 bits per heavy atom. The van der Waals surface area contributed by atoms with E-state index >= 15 is 0 Å². The van der Waals surface area contributed by atoms with Crippen molar-refractivity contribution in [3.8, 4) is 33.4 Å². The smallest absolute Gasteiger partial charge is 0.00105 e. The van der Waals surface area contributed by atoms with Crippen LogP contribution in [0.5, 0.6) is 0 Å². The van der Waals surface area contributed by atoms with Gasteiger partial charge in [0.05, 0.1) is 0 Å². The first kappa shape index (κ1) is 34.7. The lowest BCUT2D eigenvalue weighted by atomic mass is 9.77. The van der Waals surface area contributed by atoms with E-state index in [0.29, 0.717) is 0 Å². The van der Waals surface area contributed by atoms with Crippen LogP contribution in [0.25, 0.3) is 93.2 Å². The number of fused-ring (bicyclic) bond motifs is 6. The Balaban J connectivity index is 1.07. The van der Waals surface area contributed by atoms with Gasteiger partial charge in [-0.1, -0.05) is 163 Å². The Hall–Kier alpha value is -7.80. The van der Waals surface area contributed by atoms with Gasteiger partial charge in [-0.2, -0.15) is 0 Å². The molecule has 0 saturated heterocycles. The highest BCUT2D eigenvalue weighted by Gasteiger charge is 2.35. The normalized spacial score (nSPS) is 15.4. The average molecular weight is 809 g/mol. The Kier molecular flexibility index (Phi) is 6.99. The largest absolute Gasteiger partial charge is 0.0716 e. The number of allylic oxidation sites excluding steroid dienone is 8. The van der Waals surface area contributed by atoms with E-state index in [1.54, 1.807) is 5.57 Å². The van der Waals surface area contributed by atoms with E-state index in [2.05, 4.69) is 194 Å². The Labute approximate surface area is 370 Å². The van der Waals surface area contributed by atoms with Gasteiger partial charge in [0, 0.05) is 0 Å². The van der Waals surface area contributed by atoms with Crippen molar-refractivity contribution in [2.75, 3.05) is 0 Å². The van der Waals surface area contributed by atoms with Crippen molar-refractivity contribution in [2.45, 2.75) is 25.7 Å². The molecule has 5 aliphatic carbocycles. The zero-order valence-electron chi connectivity index (χ0n) is 35.3. The highest BCUT2D eigenvalue weighted by Crippen LogP contribution is 2.54. The fraction of sp³-hybridized carbons (Fsp3) is 0.0625. The molecule has 10 aromatic rings. The van der Waals surface area contributed by atoms with Crippen molar-refractivity contribution in [3.63, 3.8) is 0 Å². The Morgan fingerprint density at radius 1 is 0.375 bits per heavy atom. The third kappa shape index (κ3) is 4.72. The van der Waals surface area contributed by atoms with Crippen LogP contribution >= 0.6 is 0 Å². The van der Waals surface area contributed by atoms with Crippen LogP contribution in [0.1, 0.15) is 36.0 Å². The van der Waals surface area contributed by atoms with E-state index in [-0.39, 0.29) is 0 Å². The van der Waals surface area contributed by atoms with Crippen molar-refractivity contribution < 1.29 is 0 Å². The third-order valence-electron chi connectivity index (χ3n) is 15.3. The molecular formula is C64H40. The fourth-order valence-corrected chi connectivity index (χ4v) is 12.5. The van der Waals surface area contributed by atoms with Gasteiger partial charge in [-0.05, 0) is 209 Å². The van der Waals surface area contributed by atoms with Gasteiger partial charge in [-0.25, -0.2) is 0 Å². The molecule has 0 atom stereocenters. The van der Waals surface area contributed by atoms with Gasteiger partial charge in [-0.3, -0.25) is 0 Å². The van der Waals surface area contributed by atoms with Crippen molar-refractivity contribution in [1.82, 2.24) is 0 Å². The molecule has 0 fully saturated rings. The second-order valence-corrected chi connectivity index (χ2v) is 18.5. The summed E-state index contributed by atoms with van der Waals surface area (Å²) < 4.78 is 0. The summed E-state index contributed by atoms with van der Waals surface area (Å²) in [6, 6.07) is 66.2. The minimum absolute atomic E-state index is 0.895. The highest BCUT2D eigenvalue weighted by molar-refractivity contribution is 6.32. The third-order valence-corrected chi connectivity index (χ3v) is 15.3. The van der Waals surface area contributed by atoms with Crippen LogP contribution in [0.15, 0.2) is 211 Å². The molecule has 0 radical (unpaired) electrons. The quantitative estimate of drug-likeness (QED) is 0.123. The second kappa shape index (κ2) is 12.9. The molecule has 0 saturated carbocycles. The molecule has 0 spiro atoms. The standard InChI is InChI=1S/C64H40/c1-5-13-37(14-6-1)41-21-23-43-31-55-53(33-45(43)29-41)47-25-27-49-62-52(40-19-11-4-12-20-40)36-58-56-32-44-24-22-42(38-15-7-2-8-16-38)30-46(44)34-54(56)48-26-28-50(64(62)60(48)58)61-51(39-17-9-3-10-18-39)35-57(55)59(47)63(49)61/h1-21,23,25-27,29-31,33-36H,22,24,28,32H2. The summed E-state index contributed by atoms with van der Waals surface area (Å²) in [5.74, 6) is 0. The van der Waals surface area contributed by atoms with Gasteiger partial charge in [0.2, 0.25) is 0 Å². The van der Waals surface area contributed by atoms with E-state index in [1.165, 1.54) is 147 Å². The highest BCUT2D eigenvalue weighted by atomic mass is 14.4. The van der Waals surface area contributed by atoms with Crippen LogP contribution in [-0.2, 0) is 6.42 Å². The summed E-state index contributed by atoms with van der Waals surface area (Å²) in [7, 11) is 0. The lowest BCUT2D eigenvalue weighted by molar-refractivity contribution is 0.923. The summed E-state index contributed by atoms with van der Waals surface area (Å²) in [6.07, 6.45) is 11.8. The van der Waals surface area contributed by atoms with E-state index in [0.717, 1.165) is 25.7 Å². The molecule has 5 aliphatic rings. The topological polar surface area (TPSA) is 0 Å². The first-order valence-corrected chi connectivity index (χ1v) is 23.0. The first-order chi connectivity index (χ1) is 31.7. The average Bonchev–Trinajstić information content (AvgIpc) is 3.85. The van der Waals surface area contributed by atoms with Crippen LogP contribution in [-0.4, -0.2) is 0 Å². The molecule has 10 aromatic carbocycles. The van der Waals surface area contributed by atoms with Crippen molar-refractivity contribution in [1.29, 1.82) is 0 Å². The number of hydrogen-bond donors (Lipinski definition) is 0. The molecule has 15 rings (SSSR count). The molecule has 0 nitrogen and oxygen atoms in total. The van der Waals surface area contributed by atoms with Crippen LogP contribution in [0.4, 0.5) is 0 Å². The molecule has 64 heavy (non-hydrogen) atoms. The monoisotopic (exact) mass is 808 g/mol. The lowest BCUT2D eigenvalue weighted by Gasteiger charge is -2.26. The van der Waals surface area contributed by atoms with Gasteiger partial charge in [0.25, 0.3) is 0 Å². The van der Waals surface area contributed by atoms with Crippen LogP contribution in [0.2, 0.25) is 0 Å². The molecule has 0 aliphatic heterocycles. The van der Waals surface area contributed by atoms with E-state index in [1.807, 2.05) is 0 Å². The predicted octanol–water partition coefficient (Wildman–Crippen LogP) is 15.5. The van der Waals surface area contributed by atoms with Gasteiger partial charge in [-0.15, -0.1) is 0 Å². The minimum atomic E-state index is 0.895. The van der Waals surface area contributed by atoms with Crippen molar-refractivity contribution in [2.24, 2.45) is 0 Å². The maximum absolute atomic E-state index is 2.59. The molecule has 0 N–H and O–H groups in total. The van der Waals surface area contributed by atoms with Gasteiger partial charge in [0.15, 0.2) is 0 Å². The van der Waals surface area contributed by atoms with Gasteiger partial charge in [0.1, 0.15) is 0 Å². The predicted molar refractivity (Wildman–Crippen MR) is 268 cm³/mol. The molecule has 0 heterocycles. The van der Waals surface area contributed by atoms with E-state index in [9.17, 15) is 0 Å². The van der Waals surface area contributed by atoms with Crippen LogP contribution in [0, 0.1) is 20.9 Å². The lowest BCUT2D eigenvalue weighted by Crippen LogP contribution is -2.12. The number of rotatable bonds is 4. The van der Waals surface area contributed by atoms with Crippen LogP contribution < -0.4 is 5.22 Å². The summed E-state index contributed by atoms with van der Waals surface area (Å²) in [5, 5.41) is 17.8. The molecular weight excluding hydrogens is 769 g/mol. The second-order valence-electron chi connectivity index (χ2n) is 18.5. The molecule has 296 valence electrons. The molecule has 0 amide bonds.